The maximum atomic E-state index is 12.0. The molecule has 0 saturated carbocycles. The molecule has 0 radical (unpaired) electrons. The Balaban J connectivity index is 2.05. The Labute approximate surface area is 138 Å². The van der Waals surface area contributed by atoms with Gasteiger partial charge in [0.25, 0.3) is 0 Å². The van der Waals surface area contributed by atoms with Crippen LogP contribution in [0.3, 0.4) is 0 Å². The summed E-state index contributed by atoms with van der Waals surface area (Å²) in [7, 11) is 0. The molecule has 0 bridgehead atoms. The molecule has 0 aliphatic heterocycles. The number of carbonyl (C=O) groups excluding carboxylic acids is 1. The third-order valence-electron chi connectivity index (χ3n) is 3.04. The van der Waals surface area contributed by atoms with Gasteiger partial charge in [0.05, 0.1) is 16.8 Å². The van der Waals surface area contributed by atoms with Gasteiger partial charge in [-0.05, 0) is 24.8 Å². The first kappa shape index (κ1) is 16.9. The predicted molar refractivity (Wildman–Crippen MR) is 89.2 cm³/mol. The van der Waals surface area contributed by atoms with Crippen molar-refractivity contribution >= 4 is 29.6 Å². The van der Waals surface area contributed by atoms with Crippen LogP contribution in [0.1, 0.15) is 12.8 Å². The molecule has 8 heteroatoms. The van der Waals surface area contributed by atoms with Gasteiger partial charge in [-0.25, -0.2) is 9.48 Å². The summed E-state index contributed by atoms with van der Waals surface area (Å²) in [4.78, 5) is 23.3. The molecular weight excluding hydrogens is 316 g/mol. The molecule has 0 atom stereocenters. The highest BCUT2D eigenvalue weighted by Crippen LogP contribution is 2.27. The summed E-state index contributed by atoms with van der Waals surface area (Å²) in [5.41, 5.74) is 0.842. The fourth-order valence-electron chi connectivity index (χ4n) is 1.96. The maximum absolute atomic E-state index is 12.0. The summed E-state index contributed by atoms with van der Waals surface area (Å²) in [5.74, 6) is -0.293. The zero-order chi connectivity index (χ0) is 16.7. The van der Waals surface area contributed by atoms with E-state index in [1.165, 1.54) is 11.8 Å². The Kier molecular flexibility index (Phi) is 6.04. The number of carbonyl (C=O) groups is 2. The minimum absolute atomic E-state index is 0.0261. The number of hydrogen-bond donors (Lipinski definition) is 3. The number of aromatic nitrogens is 2. The normalized spacial score (nSPS) is 10.3. The third kappa shape index (κ3) is 4.75. The van der Waals surface area contributed by atoms with Gasteiger partial charge < -0.3 is 10.4 Å². The van der Waals surface area contributed by atoms with Crippen molar-refractivity contribution in [2.75, 3.05) is 18.1 Å². The second-order valence-corrected chi connectivity index (χ2v) is 5.54. The Morgan fingerprint density at radius 1 is 1.30 bits per heavy atom. The van der Waals surface area contributed by atoms with Gasteiger partial charge in [-0.3, -0.25) is 10.1 Å². The molecule has 3 N–H and O–H groups in total. The van der Waals surface area contributed by atoms with Gasteiger partial charge in [0.2, 0.25) is 0 Å². The minimum Gasteiger partial charge on any atom is -0.481 e. The number of nitrogens with one attached hydrogen (secondary N) is 2. The molecule has 1 aromatic heterocycles. The lowest BCUT2D eigenvalue weighted by Gasteiger charge is -2.11. The molecule has 7 nitrogen and oxygen atoms in total. The molecule has 1 aromatic carbocycles. The number of urea groups is 1. The summed E-state index contributed by atoms with van der Waals surface area (Å²) in [6.45, 7) is 0.298. The topological polar surface area (TPSA) is 96.3 Å². The maximum Gasteiger partial charge on any atom is 0.320 e. The fraction of sp³-hybridized carbons (Fsp3) is 0.267. The number of carboxylic acids is 1. The number of rotatable bonds is 7. The van der Waals surface area contributed by atoms with E-state index in [-0.39, 0.29) is 12.5 Å². The highest BCUT2D eigenvalue weighted by atomic mass is 32.2. The van der Waals surface area contributed by atoms with E-state index in [0.29, 0.717) is 18.8 Å². The van der Waals surface area contributed by atoms with Crippen molar-refractivity contribution in [1.82, 2.24) is 15.1 Å². The molecule has 23 heavy (non-hydrogen) atoms. The number of carboxylic acid groups (broad SMARTS) is 1. The van der Waals surface area contributed by atoms with E-state index in [4.69, 9.17) is 5.11 Å². The monoisotopic (exact) mass is 334 g/mol. The van der Waals surface area contributed by atoms with E-state index in [1.807, 2.05) is 36.6 Å². The molecular formula is C15H18N4O3S. The van der Waals surface area contributed by atoms with E-state index in [2.05, 4.69) is 15.7 Å². The summed E-state index contributed by atoms with van der Waals surface area (Å²) in [6.07, 6.45) is 4.01. The van der Waals surface area contributed by atoms with Gasteiger partial charge >= 0.3 is 12.0 Å². The number of para-hydroxylation sites is 1. The first-order chi connectivity index (χ1) is 11.1. The molecule has 2 rings (SSSR count). The summed E-state index contributed by atoms with van der Waals surface area (Å²) < 4.78 is 1.66. The van der Waals surface area contributed by atoms with E-state index in [0.717, 1.165) is 10.6 Å². The third-order valence-corrected chi connectivity index (χ3v) is 3.78. The first-order valence-corrected chi connectivity index (χ1v) is 8.28. The Morgan fingerprint density at radius 3 is 2.70 bits per heavy atom. The van der Waals surface area contributed by atoms with Gasteiger partial charge in [0, 0.05) is 13.0 Å². The largest absolute Gasteiger partial charge is 0.481 e. The minimum atomic E-state index is -0.876. The molecule has 0 aliphatic carbocycles. The molecule has 2 amide bonds. The lowest BCUT2D eigenvalue weighted by atomic mass is 10.3. The highest BCUT2D eigenvalue weighted by molar-refractivity contribution is 7.98. The smallest absolute Gasteiger partial charge is 0.320 e. The number of hydrogen-bond acceptors (Lipinski definition) is 4. The number of aliphatic carboxylic acids is 1. The van der Waals surface area contributed by atoms with E-state index >= 15 is 0 Å². The standard InChI is InChI=1S/C15H18N4O3S/c1-23-12-10-17-19(11-6-3-2-4-7-11)14(12)18-15(22)16-9-5-8-13(20)21/h2-4,6-7,10H,5,8-9H2,1H3,(H,20,21)(H2,16,18,22). The van der Waals surface area contributed by atoms with Gasteiger partial charge in [0.1, 0.15) is 0 Å². The predicted octanol–water partition coefficient (Wildman–Crippen LogP) is 2.58. The van der Waals surface area contributed by atoms with Crippen molar-refractivity contribution in [3.63, 3.8) is 0 Å². The SMILES string of the molecule is CSc1cnn(-c2ccccc2)c1NC(=O)NCCCC(=O)O. The molecule has 122 valence electrons. The second kappa shape index (κ2) is 8.23. The molecule has 0 spiro atoms. The number of amides is 2. The van der Waals surface area contributed by atoms with E-state index in [9.17, 15) is 9.59 Å². The van der Waals surface area contributed by atoms with Crippen LogP contribution < -0.4 is 10.6 Å². The van der Waals surface area contributed by atoms with Gasteiger partial charge in [-0.15, -0.1) is 11.8 Å². The second-order valence-electron chi connectivity index (χ2n) is 4.69. The number of thioether (sulfide) groups is 1. The first-order valence-electron chi connectivity index (χ1n) is 7.06. The van der Waals surface area contributed by atoms with Crippen LogP contribution in [0.2, 0.25) is 0 Å². The molecule has 2 aromatic rings. The molecule has 1 heterocycles. The van der Waals surface area contributed by atoms with Crippen molar-refractivity contribution < 1.29 is 14.7 Å². The molecule has 0 unspecified atom stereocenters. The Morgan fingerprint density at radius 2 is 2.04 bits per heavy atom. The van der Waals surface area contributed by atoms with Gasteiger partial charge in [0.15, 0.2) is 5.82 Å². The van der Waals surface area contributed by atoms with Crippen molar-refractivity contribution in [3.8, 4) is 5.69 Å². The summed E-state index contributed by atoms with van der Waals surface area (Å²) in [5, 5.41) is 18.3. The Hall–Kier alpha value is -2.48. The van der Waals surface area contributed by atoms with Crippen LogP contribution in [0.5, 0.6) is 0 Å². The van der Waals surface area contributed by atoms with Crippen molar-refractivity contribution in [2.24, 2.45) is 0 Å². The van der Waals surface area contributed by atoms with Crippen LogP contribution in [-0.2, 0) is 4.79 Å². The average Bonchev–Trinajstić information content (AvgIpc) is 2.95. The Bertz CT molecular complexity index is 673. The van der Waals surface area contributed by atoms with Crippen molar-refractivity contribution in [3.05, 3.63) is 36.5 Å². The number of anilines is 1. The lowest BCUT2D eigenvalue weighted by molar-refractivity contribution is -0.137. The van der Waals surface area contributed by atoms with Crippen LogP contribution in [-0.4, -0.2) is 39.7 Å². The summed E-state index contributed by atoms with van der Waals surface area (Å²) >= 11 is 1.48. The summed E-state index contributed by atoms with van der Waals surface area (Å²) in [6, 6.07) is 9.10. The van der Waals surface area contributed by atoms with E-state index < -0.39 is 5.97 Å². The molecule has 0 aliphatic rings. The zero-order valence-electron chi connectivity index (χ0n) is 12.7. The quantitative estimate of drug-likeness (QED) is 0.534. The van der Waals surface area contributed by atoms with Gasteiger partial charge in [-0.1, -0.05) is 18.2 Å². The number of benzene rings is 1. The van der Waals surface area contributed by atoms with Crippen LogP contribution in [0, 0.1) is 0 Å². The van der Waals surface area contributed by atoms with Crippen LogP contribution in [0.4, 0.5) is 10.6 Å². The molecule has 0 saturated heterocycles. The van der Waals surface area contributed by atoms with E-state index in [1.54, 1.807) is 10.9 Å². The highest BCUT2D eigenvalue weighted by Gasteiger charge is 2.14. The van der Waals surface area contributed by atoms with Crippen molar-refractivity contribution in [2.45, 2.75) is 17.7 Å². The van der Waals surface area contributed by atoms with Crippen LogP contribution in [0.15, 0.2) is 41.4 Å². The molecule has 0 fully saturated rings. The lowest BCUT2D eigenvalue weighted by Crippen LogP contribution is -2.30. The van der Waals surface area contributed by atoms with Crippen molar-refractivity contribution in [1.29, 1.82) is 0 Å². The average molecular weight is 334 g/mol. The fourth-order valence-corrected chi connectivity index (χ4v) is 2.44. The zero-order valence-corrected chi connectivity index (χ0v) is 13.5. The van der Waals surface area contributed by atoms with Crippen LogP contribution >= 0.6 is 11.8 Å². The number of nitrogens with zero attached hydrogens (tertiary/aromatic N) is 2. The van der Waals surface area contributed by atoms with Crippen LogP contribution in [0.25, 0.3) is 5.69 Å². The van der Waals surface area contributed by atoms with Gasteiger partial charge in [-0.2, -0.15) is 5.10 Å².